The number of hydrogen-bond donors (Lipinski definition) is 2. The maximum absolute atomic E-state index is 12.3. The highest BCUT2D eigenvalue weighted by molar-refractivity contribution is 8.15. The first kappa shape index (κ1) is 18.3. The molecule has 1 fully saturated rings. The highest BCUT2D eigenvalue weighted by atomic mass is 32.2. The van der Waals surface area contributed by atoms with Crippen LogP contribution < -0.4 is 10.6 Å². The normalized spacial score (nSPS) is 18.5. The molecule has 0 aliphatic carbocycles. The molecule has 1 atom stereocenters. The zero-order valence-electron chi connectivity index (χ0n) is 14.4. The number of aryl methyl sites for hydroxylation is 1. The van der Waals surface area contributed by atoms with E-state index in [1.54, 1.807) is 17.6 Å². The predicted molar refractivity (Wildman–Crippen MR) is 108 cm³/mol. The van der Waals surface area contributed by atoms with Crippen molar-refractivity contribution in [2.24, 2.45) is 10.2 Å². The number of carbonyl (C=O) groups is 2. The van der Waals surface area contributed by atoms with Gasteiger partial charge in [-0.1, -0.05) is 30.0 Å². The molecule has 1 aliphatic rings. The van der Waals surface area contributed by atoms with Gasteiger partial charge in [0.15, 0.2) is 5.17 Å². The van der Waals surface area contributed by atoms with Crippen molar-refractivity contribution in [1.29, 1.82) is 0 Å². The lowest BCUT2D eigenvalue weighted by molar-refractivity contribution is -0.122. The van der Waals surface area contributed by atoms with Crippen molar-refractivity contribution in [2.75, 3.05) is 5.32 Å². The van der Waals surface area contributed by atoms with Crippen molar-refractivity contribution in [2.45, 2.75) is 25.5 Å². The Labute approximate surface area is 159 Å². The van der Waals surface area contributed by atoms with Crippen LogP contribution in [0.1, 0.15) is 22.4 Å². The van der Waals surface area contributed by atoms with Crippen LogP contribution in [0.3, 0.4) is 0 Å². The molecule has 26 heavy (non-hydrogen) atoms. The Morgan fingerprint density at radius 2 is 2.15 bits per heavy atom. The van der Waals surface area contributed by atoms with E-state index in [2.05, 4.69) is 20.8 Å². The molecule has 0 saturated carbocycles. The van der Waals surface area contributed by atoms with Crippen molar-refractivity contribution < 1.29 is 9.59 Å². The minimum atomic E-state index is -0.504. The Hall–Kier alpha value is -2.45. The molecule has 0 radical (unpaired) electrons. The van der Waals surface area contributed by atoms with Crippen LogP contribution in [0.4, 0.5) is 5.69 Å². The topological polar surface area (TPSA) is 82.9 Å². The smallest absolute Gasteiger partial charge is 0.240 e. The summed E-state index contributed by atoms with van der Waals surface area (Å²) >= 11 is 2.77. The number of nitrogens with zero attached hydrogens (tertiary/aromatic N) is 2. The Morgan fingerprint density at radius 1 is 1.31 bits per heavy atom. The van der Waals surface area contributed by atoms with Crippen LogP contribution in [0.15, 0.2) is 45.9 Å². The highest BCUT2D eigenvalue weighted by Gasteiger charge is 2.32. The van der Waals surface area contributed by atoms with Crippen LogP contribution in [0.5, 0.6) is 0 Å². The van der Waals surface area contributed by atoms with E-state index in [1.807, 2.05) is 49.6 Å². The van der Waals surface area contributed by atoms with Gasteiger partial charge in [-0.2, -0.15) is 5.10 Å². The second kappa shape index (κ2) is 8.29. The van der Waals surface area contributed by atoms with Crippen LogP contribution in [0.2, 0.25) is 0 Å². The molecule has 1 aromatic carbocycles. The molecule has 8 heteroatoms. The van der Waals surface area contributed by atoms with Crippen LogP contribution in [0, 0.1) is 13.8 Å². The molecule has 1 aliphatic heterocycles. The molecule has 2 aromatic rings. The van der Waals surface area contributed by atoms with E-state index in [0.717, 1.165) is 21.7 Å². The van der Waals surface area contributed by atoms with Crippen molar-refractivity contribution >= 4 is 52.0 Å². The first-order valence-electron chi connectivity index (χ1n) is 8.01. The van der Waals surface area contributed by atoms with E-state index >= 15 is 0 Å². The maximum atomic E-state index is 12.3. The third kappa shape index (κ3) is 4.59. The molecule has 0 unspecified atom stereocenters. The van der Waals surface area contributed by atoms with Gasteiger partial charge in [0.25, 0.3) is 0 Å². The standard InChI is InChI=1S/C18H18N4O2S2/c1-11-5-3-7-14(12(11)2)20-16(23)9-15-17(24)21-18(26-15)22-19-10-13-6-4-8-25-13/h3-8,10,15H,9H2,1-2H3,(H,20,23)(H,21,22,24)/b19-10-/t15-/m0/s1. The van der Waals surface area contributed by atoms with Crippen molar-refractivity contribution in [3.8, 4) is 0 Å². The first-order valence-corrected chi connectivity index (χ1v) is 9.77. The van der Waals surface area contributed by atoms with Gasteiger partial charge < -0.3 is 10.6 Å². The van der Waals surface area contributed by atoms with Gasteiger partial charge in [-0.05, 0) is 42.5 Å². The van der Waals surface area contributed by atoms with E-state index in [1.165, 1.54) is 11.8 Å². The summed E-state index contributed by atoms with van der Waals surface area (Å²) in [5, 5.41) is 15.4. The summed E-state index contributed by atoms with van der Waals surface area (Å²) in [5.41, 5.74) is 2.90. The number of thiophene rings is 1. The quantitative estimate of drug-likeness (QED) is 0.611. The summed E-state index contributed by atoms with van der Waals surface area (Å²) in [6.45, 7) is 3.95. The number of rotatable bonds is 5. The Kier molecular flexibility index (Phi) is 5.85. The van der Waals surface area contributed by atoms with E-state index < -0.39 is 5.25 Å². The van der Waals surface area contributed by atoms with Crippen molar-refractivity contribution in [1.82, 2.24) is 5.32 Å². The minimum Gasteiger partial charge on any atom is -0.326 e. The third-order valence-corrected chi connectivity index (χ3v) is 5.78. The van der Waals surface area contributed by atoms with Gasteiger partial charge in [0.1, 0.15) is 5.25 Å². The maximum Gasteiger partial charge on any atom is 0.240 e. The molecule has 1 aromatic heterocycles. The summed E-state index contributed by atoms with van der Waals surface area (Å²) in [5.74, 6) is -0.425. The van der Waals surface area contributed by atoms with Gasteiger partial charge in [0.05, 0.1) is 6.21 Å². The molecule has 2 amide bonds. The fourth-order valence-corrected chi connectivity index (χ4v) is 3.85. The Balaban J connectivity index is 1.57. The average Bonchev–Trinajstić information content (AvgIpc) is 3.22. The fourth-order valence-electron chi connectivity index (χ4n) is 2.35. The van der Waals surface area contributed by atoms with Gasteiger partial charge in [0, 0.05) is 17.0 Å². The second-order valence-electron chi connectivity index (χ2n) is 5.76. The lowest BCUT2D eigenvalue weighted by Crippen LogP contribution is -2.28. The Bertz CT molecular complexity index is 875. The van der Waals surface area contributed by atoms with E-state index in [-0.39, 0.29) is 18.2 Å². The second-order valence-corrected chi connectivity index (χ2v) is 7.93. The largest absolute Gasteiger partial charge is 0.326 e. The molecule has 2 N–H and O–H groups in total. The molecular weight excluding hydrogens is 368 g/mol. The predicted octanol–water partition coefficient (Wildman–Crippen LogP) is 3.32. The number of amides is 2. The Morgan fingerprint density at radius 3 is 2.92 bits per heavy atom. The van der Waals surface area contributed by atoms with Crippen molar-refractivity contribution in [3.05, 3.63) is 51.7 Å². The third-order valence-electron chi connectivity index (χ3n) is 3.90. The van der Waals surface area contributed by atoms with Crippen molar-refractivity contribution in [3.63, 3.8) is 0 Å². The number of carbonyl (C=O) groups excluding carboxylic acids is 2. The van der Waals surface area contributed by atoms with Gasteiger partial charge in [-0.15, -0.1) is 16.4 Å². The minimum absolute atomic E-state index is 0.0809. The summed E-state index contributed by atoms with van der Waals surface area (Å²) in [6.07, 6.45) is 1.71. The number of hydrogen-bond acceptors (Lipinski definition) is 6. The summed E-state index contributed by atoms with van der Waals surface area (Å²) in [7, 11) is 0. The number of benzene rings is 1. The molecular formula is C18H18N4O2S2. The SMILES string of the molecule is Cc1cccc(NC(=O)C[C@@H]2S/C(=N/N=C\c3cccs3)NC2=O)c1C. The van der Waals surface area contributed by atoms with Gasteiger partial charge in [0.2, 0.25) is 11.8 Å². The molecule has 1 saturated heterocycles. The first-order chi connectivity index (χ1) is 12.5. The van der Waals surface area contributed by atoms with E-state index in [4.69, 9.17) is 0 Å². The molecule has 0 spiro atoms. The summed E-state index contributed by atoms with van der Waals surface area (Å²) in [4.78, 5) is 25.3. The summed E-state index contributed by atoms with van der Waals surface area (Å²) < 4.78 is 0. The molecule has 0 bridgehead atoms. The van der Waals surface area contributed by atoms with Gasteiger partial charge >= 0.3 is 0 Å². The van der Waals surface area contributed by atoms with Crippen LogP contribution in [-0.4, -0.2) is 28.4 Å². The number of nitrogens with one attached hydrogen (secondary N) is 2. The lowest BCUT2D eigenvalue weighted by Gasteiger charge is -2.11. The molecule has 6 nitrogen and oxygen atoms in total. The van der Waals surface area contributed by atoms with Crippen LogP contribution in [0.25, 0.3) is 0 Å². The highest BCUT2D eigenvalue weighted by Crippen LogP contribution is 2.24. The number of thioether (sulfide) groups is 1. The van der Waals surface area contributed by atoms with Crippen LogP contribution >= 0.6 is 23.1 Å². The molecule has 134 valence electrons. The van der Waals surface area contributed by atoms with Gasteiger partial charge in [-0.25, -0.2) is 0 Å². The van der Waals surface area contributed by atoms with E-state index in [9.17, 15) is 9.59 Å². The fraction of sp³-hybridized carbons (Fsp3) is 0.222. The molecule has 3 rings (SSSR count). The lowest BCUT2D eigenvalue weighted by atomic mass is 10.1. The zero-order valence-corrected chi connectivity index (χ0v) is 16.0. The van der Waals surface area contributed by atoms with E-state index in [0.29, 0.717) is 5.17 Å². The van der Waals surface area contributed by atoms with Gasteiger partial charge in [-0.3, -0.25) is 9.59 Å². The number of anilines is 1. The average molecular weight is 387 g/mol. The molecule has 2 heterocycles. The van der Waals surface area contributed by atoms with Crippen LogP contribution in [-0.2, 0) is 9.59 Å². The monoisotopic (exact) mass is 386 g/mol. The summed E-state index contributed by atoms with van der Waals surface area (Å²) in [6, 6.07) is 9.59. The zero-order chi connectivity index (χ0) is 18.5. The number of amidine groups is 1.